The minimum Gasteiger partial charge on any atom is -0.386 e. The summed E-state index contributed by atoms with van der Waals surface area (Å²) >= 11 is 0. The number of pyridine rings is 1. The van der Waals surface area contributed by atoms with E-state index in [1.165, 1.54) is 10.9 Å². The van der Waals surface area contributed by atoms with Gasteiger partial charge in [-0.15, -0.1) is 0 Å². The molecule has 0 saturated heterocycles. The van der Waals surface area contributed by atoms with Gasteiger partial charge < -0.3 is 16.0 Å². The van der Waals surface area contributed by atoms with Gasteiger partial charge in [0.1, 0.15) is 5.69 Å². The zero-order chi connectivity index (χ0) is 19.2. The lowest BCUT2D eigenvalue weighted by Gasteiger charge is -2.10. The van der Waals surface area contributed by atoms with E-state index in [0.29, 0.717) is 11.4 Å². The predicted octanol–water partition coefficient (Wildman–Crippen LogP) is 1.89. The highest BCUT2D eigenvalue weighted by molar-refractivity contribution is 5.98. The maximum absolute atomic E-state index is 12.1. The van der Waals surface area contributed by atoms with Gasteiger partial charge in [0.15, 0.2) is 0 Å². The SMILES string of the molecule is CNc1cnccc1-c1ccc(NC(=O)CNC(=O)c2ccnn2C)cc1. The number of hydrogen-bond acceptors (Lipinski definition) is 5. The van der Waals surface area contributed by atoms with Crippen LogP contribution < -0.4 is 16.0 Å². The van der Waals surface area contributed by atoms with E-state index in [-0.39, 0.29) is 18.4 Å². The Morgan fingerprint density at radius 1 is 1.07 bits per heavy atom. The summed E-state index contributed by atoms with van der Waals surface area (Å²) in [5.74, 6) is -0.657. The minimum absolute atomic E-state index is 0.125. The molecule has 0 radical (unpaired) electrons. The number of nitrogens with zero attached hydrogens (tertiary/aromatic N) is 3. The van der Waals surface area contributed by atoms with E-state index < -0.39 is 0 Å². The minimum atomic E-state index is -0.349. The third kappa shape index (κ3) is 4.30. The molecule has 8 nitrogen and oxygen atoms in total. The Morgan fingerprint density at radius 2 is 1.85 bits per heavy atom. The highest BCUT2D eigenvalue weighted by Gasteiger charge is 2.11. The van der Waals surface area contributed by atoms with E-state index in [1.807, 2.05) is 37.4 Å². The van der Waals surface area contributed by atoms with Crippen LogP contribution in [0.25, 0.3) is 11.1 Å². The molecule has 2 heterocycles. The molecule has 1 aromatic carbocycles. The first-order valence-corrected chi connectivity index (χ1v) is 8.36. The van der Waals surface area contributed by atoms with Crippen LogP contribution in [0.5, 0.6) is 0 Å². The molecular formula is C19H20N6O2. The van der Waals surface area contributed by atoms with Crippen molar-refractivity contribution in [1.82, 2.24) is 20.1 Å². The molecule has 0 spiro atoms. The van der Waals surface area contributed by atoms with Gasteiger partial charge in [-0.2, -0.15) is 5.10 Å². The summed E-state index contributed by atoms with van der Waals surface area (Å²) in [6.07, 6.45) is 5.02. The Hall–Kier alpha value is -3.68. The van der Waals surface area contributed by atoms with E-state index in [1.54, 1.807) is 25.5 Å². The van der Waals surface area contributed by atoms with Crippen molar-refractivity contribution < 1.29 is 9.59 Å². The van der Waals surface area contributed by atoms with Crippen molar-refractivity contribution in [2.75, 3.05) is 24.2 Å². The highest BCUT2D eigenvalue weighted by Crippen LogP contribution is 2.27. The Kier molecular flexibility index (Phi) is 5.46. The zero-order valence-corrected chi connectivity index (χ0v) is 15.1. The van der Waals surface area contributed by atoms with Crippen molar-refractivity contribution in [3.63, 3.8) is 0 Å². The number of carbonyl (C=O) groups excluding carboxylic acids is 2. The van der Waals surface area contributed by atoms with Gasteiger partial charge in [-0.3, -0.25) is 19.3 Å². The van der Waals surface area contributed by atoms with Crippen molar-refractivity contribution in [1.29, 1.82) is 0 Å². The smallest absolute Gasteiger partial charge is 0.269 e. The van der Waals surface area contributed by atoms with Gasteiger partial charge in [0.25, 0.3) is 5.91 Å². The lowest BCUT2D eigenvalue weighted by atomic mass is 10.1. The molecule has 0 aliphatic carbocycles. The van der Waals surface area contributed by atoms with Crippen LogP contribution >= 0.6 is 0 Å². The topological polar surface area (TPSA) is 101 Å². The third-order valence-electron chi connectivity index (χ3n) is 4.03. The number of rotatable bonds is 6. The first-order valence-electron chi connectivity index (χ1n) is 8.36. The lowest BCUT2D eigenvalue weighted by Crippen LogP contribution is -2.33. The summed E-state index contributed by atoms with van der Waals surface area (Å²) in [4.78, 5) is 28.1. The van der Waals surface area contributed by atoms with Crippen molar-refractivity contribution >= 4 is 23.2 Å². The van der Waals surface area contributed by atoms with Crippen LogP contribution in [0, 0.1) is 0 Å². The fourth-order valence-corrected chi connectivity index (χ4v) is 2.63. The number of aryl methyl sites for hydroxylation is 1. The normalized spacial score (nSPS) is 10.3. The van der Waals surface area contributed by atoms with Crippen LogP contribution in [-0.4, -0.2) is 40.2 Å². The van der Waals surface area contributed by atoms with Crippen LogP contribution in [0.2, 0.25) is 0 Å². The Labute approximate surface area is 156 Å². The number of aromatic nitrogens is 3. The largest absolute Gasteiger partial charge is 0.386 e. The van der Waals surface area contributed by atoms with Crippen LogP contribution in [0.4, 0.5) is 11.4 Å². The zero-order valence-electron chi connectivity index (χ0n) is 15.1. The number of carbonyl (C=O) groups is 2. The molecule has 3 N–H and O–H groups in total. The molecule has 0 saturated carbocycles. The monoisotopic (exact) mass is 364 g/mol. The summed E-state index contributed by atoms with van der Waals surface area (Å²) in [5, 5.41) is 12.4. The van der Waals surface area contributed by atoms with Crippen molar-refractivity contribution in [2.24, 2.45) is 7.05 Å². The van der Waals surface area contributed by atoms with Crippen LogP contribution in [0.15, 0.2) is 55.0 Å². The van der Waals surface area contributed by atoms with Crippen molar-refractivity contribution in [3.05, 3.63) is 60.7 Å². The Bertz CT molecular complexity index is 949. The van der Waals surface area contributed by atoms with Gasteiger partial charge in [-0.05, 0) is 29.8 Å². The molecule has 3 aromatic rings. The predicted molar refractivity (Wildman–Crippen MR) is 103 cm³/mol. The van der Waals surface area contributed by atoms with Gasteiger partial charge in [0.2, 0.25) is 5.91 Å². The summed E-state index contributed by atoms with van der Waals surface area (Å²) in [6.45, 7) is -0.125. The fraction of sp³-hybridized carbons (Fsp3) is 0.158. The van der Waals surface area contributed by atoms with Crippen LogP contribution in [0.1, 0.15) is 10.5 Å². The number of benzene rings is 1. The van der Waals surface area contributed by atoms with Gasteiger partial charge in [-0.1, -0.05) is 12.1 Å². The number of nitrogens with one attached hydrogen (secondary N) is 3. The van der Waals surface area contributed by atoms with Gasteiger partial charge >= 0.3 is 0 Å². The highest BCUT2D eigenvalue weighted by atomic mass is 16.2. The number of anilines is 2. The molecule has 3 rings (SSSR count). The number of hydrogen-bond donors (Lipinski definition) is 3. The third-order valence-corrected chi connectivity index (χ3v) is 4.03. The summed E-state index contributed by atoms with van der Waals surface area (Å²) in [7, 11) is 3.51. The van der Waals surface area contributed by atoms with Crippen molar-refractivity contribution in [3.8, 4) is 11.1 Å². The molecule has 2 amide bonds. The van der Waals surface area contributed by atoms with Crippen molar-refractivity contribution in [2.45, 2.75) is 0 Å². The Morgan fingerprint density at radius 3 is 2.52 bits per heavy atom. The molecule has 0 aliphatic rings. The number of amides is 2. The second-order valence-corrected chi connectivity index (χ2v) is 5.82. The summed E-state index contributed by atoms with van der Waals surface area (Å²) in [5.41, 5.74) is 3.99. The molecule has 2 aromatic heterocycles. The van der Waals surface area contributed by atoms with E-state index in [2.05, 4.69) is 26.0 Å². The van der Waals surface area contributed by atoms with E-state index >= 15 is 0 Å². The van der Waals surface area contributed by atoms with Gasteiger partial charge in [0.05, 0.1) is 18.4 Å². The molecule has 0 aliphatic heterocycles. The maximum Gasteiger partial charge on any atom is 0.269 e. The van der Waals surface area contributed by atoms with Gasteiger partial charge in [0, 0.05) is 37.7 Å². The fourth-order valence-electron chi connectivity index (χ4n) is 2.63. The van der Waals surface area contributed by atoms with Crippen LogP contribution in [-0.2, 0) is 11.8 Å². The van der Waals surface area contributed by atoms with Gasteiger partial charge in [-0.25, -0.2) is 0 Å². The molecule has 0 bridgehead atoms. The standard InChI is InChI=1S/C19H20N6O2/c1-20-16-11-21-9-7-15(16)13-3-5-14(6-4-13)24-18(26)12-22-19(27)17-8-10-23-25(17)2/h3-11,20H,12H2,1-2H3,(H,22,27)(H,24,26). The summed E-state index contributed by atoms with van der Waals surface area (Å²) < 4.78 is 1.45. The molecule has 138 valence electrons. The van der Waals surface area contributed by atoms with E-state index in [9.17, 15) is 9.59 Å². The average molecular weight is 364 g/mol. The maximum atomic E-state index is 12.1. The molecular weight excluding hydrogens is 344 g/mol. The second kappa shape index (κ2) is 8.13. The second-order valence-electron chi connectivity index (χ2n) is 5.82. The quantitative estimate of drug-likeness (QED) is 0.620. The first kappa shape index (κ1) is 18.1. The molecule has 0 atom stereocenters. The Balaban J connectivity index is 1.59. The first-order chi connectivity index (χ1) is 13.1. The van der Waals surface area contributed by atoms with E-state index in [0.717, 1.165) is 16.8 Å². The molecule has 8 heteroatoms. The molecule has 0 fully saturated rings. The van der Waals surface area contributed by atoms with Crippen LogP contribution in [0.3, 0.4) is 0 Å². The summed E-state index contributed by atoms with van der Waals surface area (Å²) in [6, 6.07) is 11.0. The lowest BCUT2D eigenvalue weighted by molar-refractivity contribution is -0.115. The molecule has 27 heavy (non-hydrogen) atoms. The molecule has 0 unspecified atom stereocenters. The average Bonchev–Trinajstić information content (AvgIpc) is 3.13. The van der Waals surface area contributed by atoms with E-state index in [4.69, 9.17) is 0 Å².